The molecule has 3 atom stereocenters. The Kier molecular flexibility index (Phi) is 6.20. The Morgan fingerprint density at radius 3 is 2.77 bits per heavy atom. The topological polar surface area (TPSA) is 63.7 Å². The molecule has 0 bridgehead atoms. The number of aromatic nitrogens is 1. The maximum Gasteiger partial charge on any atom is 0.411 e. The van der Waals surface area contributed by atoms with Crippen LogP contribution in [0.3, 0.4) is 0 Å². The van der Waals surface area contributed by atoms with Crippen LogP contribution in [-0.4, -0.2) is 48.3 Å². The molecule has 1 amide bonds. The van der Waals surface area contributed by atoms with Crippen LogP contribution in [0.15, 0.2) is 54.9 Å². The van der Waals surface area contributed by atoms with Crippen molar-refractivity contribution in [1.29, 1.82) is 0 Å². The summed E-state index contributed by atoms with van der Waals surface area (Å²) < 4.78 is 11.1. The molecule has 1 fully saturated rings. The van der Waals surface area contributed by atoms with Crippen molar-refractivity contribution in [2.24, 2.45) is 0 Å². The molecule has 138 valence electrons. The lowest BCUT2D eigenvalue weighted by Crippen LogP contribution is -2.59. The third-order valence-corrected chi connectivity index (χ3v) is 4.78. The van der Waals surface area contributed by atoms with Gasteiger partial charge < -0.3 is 14.8 Å². The molecule has 0 aliphatic carbocycles. The lowest BCUT2D eigenvalue weighted by atomic mass is 9.99. The van der Waals surface area contributed by atoms with E-state index in [1.54, 1.807) is 24.4 Å². The van der Waals surface area contributed by atoms with Gasteiger partial charge in [-0.1, -0.05) is 36.4 Å². The fourth-order valence-electron chi connectivity index (χ4n) is 3.25. The van der Waals surface area contributed by atoms with Gasteiger partial charge in [-0.2, -0.15) is 0 Å². The van der Waals surface area contributed by atoms with Gasteiger partial charge in [0.15, 0.2) is 0 Å². The molecule has 0 radical (unpaired) electrons. The van der Waals surface area contributed by atoms with E-state index in [-0.39, 0.29) is 30.9 Å². The van der Waals surface area contributed by atoms with Crippen molar-refractivity contribution in [1.82, 2.24) is 15.2 Å². The first-order valence-corrected chi connectivity index (χ1v) is 8.83. The first-order valence-electron chi connectivity index (χ1n) is 8.83. The van der Waals surface area contributed by atoms with Gasteiger partial charge in [0, 0.05) is 32.6 Å². The van der Waals surface area contributed by atoms with E-state index in [0.29, 0.717) is 13.1 Å². The van der Waals surface area contributed by atoms with Gasteiger partial charge in [-0.05, 0) is 24.1 Å². The van der Waals surface area contributed by atoms with E-state index in [1.165, 1.54) is 0 Å². The maximum absolute atomic E-state index is 13.0. The molecule has 1 N–H and O–H groups in total. The van der Waals surface area contributed by atoms with Crippen LogP contribution >= 0.6 is 0 Å². The summed E-state index contributed by atoms with van der Waals surface area (Å²) in [4.78, 5) is 19.0. The highest BCUT2D eigenvalue weighted by molar-refractivity contribution is 5.69. The highest BCUT2D eigenvalue weighted by Crippen LogP contribution is 2.28. The minimum atomic E-state index is -0.335. The van der Waals surface area contributed by atoms with Gasteiger partial charge in [-0.25, -0.2) is 4.79 Å². The molecule has 1 aromatic carbocycles. The van der Waals surface area contributed by atoms with Crippen LogP contribution < -0.4 is 5.32 Å². The van der Waals surface area contributed by atoms with Crippen LogP contribution in [0.1, 0.15) is 24.1 Å². The molecule has 6 heteroatoms. The standard InChI is InChI=1S/C20H25N3O3/c1-15(25-2)18-12-22-13-19(17-9-6-10-21-11-17)23(18)20(24)26-14-16-7-4-3-5-8-16/h3-11,15,18-19,22H,12-14H2,1-2H3/t15-,18?,19?/m0/s1. The van der Waals surface area contributed by atoms with Crippen LogP contribution in [-0.2, 0) is 16.1 Å². The van der Waals surface area contributed by atoms with Crippen molar-refractivity contribution in [3.8, 4) is 0 Å². The Labute approximate surface area is 154 Å². The fourth-order valence-corrected chi connectivity index (χ4v) is 3.25. The monoisotopic (exact) mass is 355 g/mol. The molecular formula is C20H25N3O3. The van der Waals surface area contributed by atoms with Gasteiger partial charge in [0.05, 0.1) is 18.2 Å². The summed E-state index contributed by atoms with van der Waals surface area (Å²) in [6, 6.07) is 13.3. The normalized spacial score (nSPS) is 21.2. The quantitative estimate of drug-likeness (QED) is 0.893. The van der Waals surface area contributed by atoms with Crippen molar-refractivity contribution in [3.05, 3.63) is 66.0 Å². The summed E-state index contributed by atoms with van der Waals surface area (Å²) in [5.74, 6) is 0. The van der Waals surface area contributed by atoms with Crippen molar-refractivity contribution >= 4 is 6.09 Å². The molecule has 1 aliphatic heterocycles. The number of nitrogens with one attached hydrogen (secondary N) is 1. The van der Waals surface area contributed by atoms with E-state index in [1.807, 2.05) is 49.4 Å². The number of hydrogen-bond acceptors (Lipinski definition) is 5. The zero-order valence-corrected chi connectivity index (χ0v) is 15.2. The Hall–Kier alpha value is -2.44. The molecule has 26 heavy (non-hydrogen) atoms. The third kappa shape index (κ3) is 4.20. The van der Waals surface area contributed by atoms with E-state index >= 15 is 0 Å². The summed E-state index contributed by atoms with van der Waals surface area (Å²) in [7, 11) is 1.66. The summed E-state index contributed by atoms with van der Waals surface area (Å²) >= 11 is 0. The van der Waals surface area contributed by atoms with Crippen LogP contribution in [0.2, 0.25) is 0 Å². The van der Waals surface area contributed by atoms with Crippen LogP contribution in [0, 0.1) is 0 Å². The molecule has 2 aromatic rings. The molecule has 0 spiro atoms. The summed E-state index contributed by atoms with van der Waals surface area (Å²) in [6.45, 7) is 3.53. The summed E-state index contributed by atoms with van der Waals surface area (Å²) in [5, 5.41) is 3.40. The largest absolute Gasteiger partial charge is 0.445 e. The number of ether oxygens (including phenoxy) is 2. The second kappa shape index (κ2) is 8.78. The van der Waals surface area contributed by atoms with Crippen LogP contribution in [0.5, 0.6) is 0 Å². The van der Waals surface area contributed by atoms with Gasteiger partial charge >= 0.3 is 6.09 Å². The summed E-state index contributed by atoms with van der Waals surface area (Å²) in [6.07, 6.45) is 3.07. The average molecular weight is 355 g/mol. The highest BCUT2D eigenvalue weighted by atomic mass is 16.6. The number of pyridine rings is 1. The van der Waals surface area contributed by atoms with Gasteiger partial charge in [-0.3, -0.25) is 9.88 Å². The molecule has 3 rings (SSSR count). The van der Waals surface area contributed by atoms with Crippen molar-refractivity contribution in [2.45, 2.75) is 31.7 Å². The Morgan fingerprint density at radius 1 is 1.27 bits per heavy atom. The summed E-state index contributed by atoms with van der Waals surface area (Å²) in [5.41, 5.74) is 1.94. The predicted octanol–water partition coefficient (Wildman–Crippen LogP) is 2.77. The second-order valence-corrected chi connectivity index (χ2v) is 6.42. The predicted molar refractivity (Wildman–Crippen MR) is 98.6 cm³/mol. The zero-order valence-electron chi connectivity index (χ0n) is 15.2. The SMILES string of the molecule is CO[C@@H](C)C1CNCC(c2cccnc2)N1C(=O)OCc1ccccc1. The van der Waals surface area contributed by atoms with E-state index in [4.69, 9.17) is 9.47 Å². The molecule has 2 heterocycles. The molecule has 6 nitrogen and oxygen atoms in total. The number of methoxy groups -OCH3 is 1. The molecule has 1 saturated heterocycles. The van der Waals surface area contributed by atoms with E-state index in [0.717, 1.165) is 11.1 Å². The second-order valence-electron chi connectivity index (χ2n) is 6.42. The highest BCUT2D eigenvalue weighted by Gasteiger charge is 2.39. The van der Waals surface area contributed by atoms with Gasteiger partial charge in [-0.15, -0.1) is 0 Å². The van der Waals surface area contributed by atoms with E-state index in [9.17, 15) is 4.79 Å². The molecule has 2 unspecified atom stereocenters. The zero-order chi connectivity index (χ0) is 18.4. The van der Waals surface area contributed by atoms with E-state index in [2.05, 4.69) is 10.3 Å². The Morgan fingerprint density at radius 2 is 2.08 bits per heavy atom. The molecule has 1 aliphatic rings. The number of piperazine rings is 1. The number of amides is 1. The van der Waals surface area contributed by atoms with Gasteiger partial charge in [0.1, 0.15) is 6.61 Å². The molecule has 0 saturated carbocycles. The lowest BCUT2D eigenvalue weighted by Gasteiger charge is -2.43. The van der Waals surface area contributed by atoms with Crippen molar-refractivity contribution < 1.29 is 14.3 Å². The molecule has 1 aromatic heterocycles. The average Bonchev–Trinajstić information content (AvgIpc) is 2.72. The fraction of sp³-hybridized carbons (Fsp3) is 0.400. The van der Waals surface area contributed by atoms with Crippen molar-refractivity contribution in [3.63, 3.8) is 0 Å². The number of rotatable bonds is 5. The Bertz CT molecular complexity index is 696. The minimum absolute atomic E-state index is 0.119. The number of benzene rings is 1. The minimum Gasteiger partial charge on any atom is -0.445 e. The first kappa shape index (κ1) is 18.4. The number of carbonyl (C=O) groups is 1. The van der Waals surface area contributed by atoms with E-state index < -0.39 is 0 Å². The lowest BCUT2D eigenvalue weighted by molar-refractivity contribution is -0.0138. The third-order valence-electron chi connectivity index (χ3n) is 4.78. The van der Waals surface area contributed by atoms with Crippen LogP contribution in [0.4, 0.5) is 4.79 Å². The van der Waals surface area contributed by atoms with Crippen molar-refractivity contribution in [2.75, 3.05) is 20.2 Å². The molecular weight excluding hydrogens is 330 g/mol. The van der Waals surface area contributed by atoms with Gasteiger partial charge in [0.2, 0.25) is 0 Å². The van der Waals surface area contributed by atoms with Crippen LogP contribution in [0.25, 0.3) is 0 Å². The first-order chi connectivity index (χ1) is 12.7. The van der Waals surface area contributed by atoms with Gasteiger partial charge in [0.25, 0.3) is 0 Å². The number of hydrogen-bond donors (Lipinski definition) is 1. The number of carbonyl (C=O) groups excluding carboxylic acids is 1. The smallest absolute Gasteiger partial charge is 0.411 e. The number of nitrogens with zero attached hydrogens (tertiary/aromatic N) is 2. The maximum atomic E-state index is 13.0. The Balaban J connectivity index is 1.81.